The molecule has 0 atom stereocenters. The van der Waals surface area contributed by atoms with Crippen molar-refractivity contribution in [2.75, 3.05) is 14.2 Å². The molecule has 11 heteroatoms. The van der Waals surface area contributed by atoms with Gasteiger partial charge in [0.2, 0.25) is 11.8 Å². The zero-order valence-corrected chi connectivity index (χ0v) is 10.8. The van der Waals surface area contributed by atoms with E-state index in [1.54, 1.807) is 0 Å². The smallest absolute Gasteiger partial charge is 0.358 e. The van der Waals surface area contributed by atoms with Crippen LogP contribution in [0, 0.1) is 0 Å². The molecule has 2 N–H and O–H groups in total. The summed E-state index contributed by atoms with van der Waals surface area (Å²) in [4.78, 5) is 32.1. The molecular formula is C10H8N6O5. The molecule has 3 heterocycles. The molecule has 108 valence electrons. The van der Waals surface area contributed by atoms with E-state index >= 15 is 0 Å². The van der Waals surface area contributed by atoms with Crippen molar-refractivity contribution in [1.82, 2.24) is 29.9 Å². The van der Waals surface area contributed by atoms with E-state index in [9.17, 15) is 10.2 Å². The highest BCUT2D eigenvalue weighted by Gasteiger charge is 2.16. The lowest BCUT2D eigenvalue weighted by atomic mass is 10.4. The maximum Gasteiger partial charge on any atom is 0.358 e. The third-order valence-electron chi connectivity index (χ3n) is 2.43. The number of rotatable bonds is 3. The van der Waals surface area contributed by atoms with E-state index in [-0.39, 0.29) is 34.3 Å². The molecule has 0 aliphatic heterocycles. The van der Waals surface area contributed by atoms with Crippen molar-refractivity contribution in [1.29, 1.82) is 0 Å². The van der Waals surface area contributed by atoms with Gasteiger partial charge in [0.25, 0.3) is 0 Å². The first kappa shape index (κ1) is 12.9. The van der Waals surface area contributed by atoms with Crippen LogP contribution in [-0.4, -0.2) is 54.3 Å². The first-order valence-electron chi connectivity index (χ1n) is 5.52. The fraction of sp³-hybridized carbons (Fsp3) is 0.200. The Hall–Kier alpha value is -3.08. The summed E-state index contributed by atoms with van der Waals surface area (Å²) in [6.45, 7) is 0. The number of aromatic hydroxyl groups is 2. The number of methoxy groups -OCH3 is 1. The van der Waals surface area contributed by atoms with Gasteiger partial charge in [0.15, 0.2) is 22.3 Å². The van der Waals surface area contributed by atoms with Crippen molar-refractivity contribution in [2.24, 2.45) is 0 Å². The fourth-order valence-electron chi connectivity index (χ4n) is 1.59. The second kappa shape index (κ2) is 4.79. The van der Waals surface area contributed by atoms with Crippen molar-refractivity contribution in [2.45, 2.75) is 0 Å². The van der Waals surface area contributed by atoms with Crippen LogP contribution in [0.4, 0.5) is 0 Å². The van der Waals surface area contributed by atoms with Gasteiger partial charge in [-0.25, -0.2) is 9.97 Å². The van der Waals surface area contributed by atoms with E-state index in [4.69, 9.17) is 4.74 Å². The summed E-state index contributed by atoms with van der Waals surface area (Å²) in [5.74, 6) is -0.905. The number of hydrogen-bond donors (Lipinski definition) is 2. The zero-order chi connectivity index (χ0) is 15.0. The Kier molecular flexibility index (Phi) is 2.95. The molecule has 3 rings (SSSR count). The summed E-state index contributed by atoms with van der Waals surface area (Å²) in [6.07, 6.45) is 0. The Balaban J connectivity index is 2.32. The summed E-state index contributed by atoms with van der Waals surface area (Å²) in [5, 5.41) is 19.6. The van der Waals surface area contributed by atoms with E-state index < -0.39 is 11.8 Å². The molecule has 0 aliphatic rings. The number of ether oxygens (including phenoxy) is 1. The van der Waals surface area contributed by atoms with Gasteiger partial charge in [-0.15, -0.1) is 0 Å². The number of nitrogens with zero attached hydrogens (tertiary/aromatic N) is 6. The molecule has 0 aliphatic carbocycles. The molecule has 11 nitrogen and oxygen atoms in total. The van der Waals surface area contributed by atoms with E-state index in [0.717, 1.165) is 0 Å². The SMILES string of the molecule is COOc1nc(O)c2nc3nc(OC)nc(O)c3nc2n1. The molecule has 0 saturated carbocycles. The largest absolute Gasteiger partial charge is 0.492 e. The van der Waals surface area contributed by atoms with Crippen LogP contribution in [-0.2, 0) is 4.89 Å². The molecule has 0 unspecified atom stereocenters. The van der Waals surface area contributed by atoms with Crippen molar-refractivity contribution in [3.05, 3.63) is 0 Å². The van der Waals surface area contributed by atoms with Gasteiger partial charge in [-0.3, -0.25) is 4.89 Å². The van der Waals surface area contributed by atoms with Crippen LogP contribution in [0.1, 0.15) is 0 Å². The number of fused-ring (bicyclic) bond motifs is 2. The summed E-state index contributed by atoms with van der Waals surface area (Å²) in [5.41, 5.74) is -0.0341. The molecule has 0 fully saturated rings. The van der Waals surface area contributed by atoms with Gasteiger partial charge >= 0.3 is 12.0 Å². The van der Waals surface area contributed by atoms with E-state index in [2.05, 4.69) is 39.7 Å². The Bertz CT molecular complexity index is 841. The van der Waals surface area contributed by atoms with E-state index in [1.807, 2.05) is 0 Å². The molecule has 21 heavy (non-hydrogen) atoms. The molecule has 0 bridgehead atoms. The Labute approximate surface area is 116 Å². The quantitative estimate of drug-likeness (QED) is 0.373. The number of aromatic nitrogens is 6. The molecule has 0 aromatic carbocycles. The third kappa shape index (κ3) is 2.14. The van der Waals surface area contributed by atoms with Crippen LogP contribution in [0.5, 0.6) is 23.8 Å². The third-order valence-corrected chi connectivity index (χ3v) is 2.43. The molecule has 0 amide bonds. The Morgan fingerprint density at radius 3 is 1.76 bits per heavy atom. The normalized spacial score (nSPS) is 11.0. The minimum atomic E-state index is -0.474. The van der Waals surface area contributed by atoms with E-state index in [1.165, 1.54) is 14.2 Å². The van der Waals surface area contributed by atoms with Crippen LogP contribution in [0.25, 0.3) is 22.3 Å². The van der Waals surface area contributed by atoms with Crippen LogP contribution in [0.2, 0.25) is 0 Å². The van der Waals surface area contributed by atoms with Gasteiger partial charge in [-0.05, 0) is 0 Å². The summed E-state index contributed by atoms with van der Waals surface area (Å²) < 4.78 is 4.82. The minimum Gasteiger partial charge on any atom is -0.492 e. The van der Waals surface area contributed by atoms with Crippen molar-refractivity contribution in [3.63, 3.8) is 0 Å². The molecule has 3 aromatic rings. The fourth-order valence-corrected chi connectivity index (χ4v) is 1.59. The average molecular weight is 292 g/mol. The van der Waals surface area contributed by atoms with Crippen molar-refractivity contribution in [3.8, 4) is 23.8 Å². The van der Waals surface area contributed by atoms with Gasteiger partial charge < -0.3 is 14.9 Å². The van der Waals surface area contributed by atoms with Crippen LogP contribution >= 0.6 is 0 Å². The second-order valence-corrected chi connectivity index (χ2v) is 3.68. The monoisotopic (exact) mass is 292 g/mol. The molecule has 0 saturated heterocycles. The van der Waals surface area contributed by atoms with E-state index in [0.29, 0.717) is 0 Å². The van der Waals surface area contributed by atoms with Crippen LogP contribution in [0.15, 0.2) is 0 Å². The molecular weight excluding hydrogens is 284 g/mol. The summed E-state index contributed by atoms with van der Waals surface area (Å²) >= 11 is 0. The highest BCUT2D eigenvalue weighted by atomic mass is 17.2. The van der Waals surface area contributed by atoms with Crippen molar-refractivity contribution >= 4 is 22.3 Å². The number of hydrogen-bond acceptors (Lipinski definition) is 11. The minimum absolute atomic E-state index is 0.00948. The Morgan fingerprint density at radius 2 is 1.24 bits per heavy atom. The highest BCUT2D eigenvalue weighted by Crippen LogP contribution is 2.26. The second-order valence-electron chi connectivity index (χ2n) is 3.68. The van der Waals surface area contributed by atoms with Crippen molar-refractivity contribution < 1.29 is 24.7 Å². The van der Waals surface area contributed by atoms with Gasteiger partial charge in [0, 0.05) is 0 Å². The predicted molar refractivity (Wildman–Crippen MR) is 65.7 cm³/mol. The van der Waals surface area contributed by atoms with Gasteiger partial charge in [0.05, 0.1) is 14.2 Å². The lowest BCUT2D eigenvalue weighted by molar-refractivity contribution is -0.185. The topological polar surface area (TPSA) is 145 Å². The lowest BCUT2D eigenvalue weighted by Gasteiger charge is -2.05. The van der Waals surface area contributed by atoms with Gasteiger partial charge in [-0.1, -0.05) is 0 Å². The first-order chi connectivity index (χ1) is 10.1. The summed E-state index contributed by atoms with van der Waals surface area (Å²) in [6, 6.07) is -0.349. The molecule has 0 spiro atoms. The standard InChI is InChI=1S/C10H8N6O5/c1-19-9-13-5-3(7(17)15-9)12-6-4(11-5)8(18)16-10(14-6)21-20-2/h1-2H3,(H,11,13,15,17)(H,12,14,16,18). The molecule has 3 aromatic heterocycles. The predicted octanol–water partition coefficient (Wildman–Crippen LogP) is -0.277. The maximum atomic E-state index is 9.81. The highest BCUT2D eigenvalue weighted by molar-refractivity contribution is 5.86. The average Bonchev–Trinajstić information content (AvgIpc) is 2.46. The first-order valence-corrected chi connectivity index (χ1v) is 5.52. The lowest BCUT2D eigenvalue weighted by Crippen LogP contribution is -2.01. The molecule has 0 radical (unpaired) electrons. The Morgan fingerprint density at radius 1 is 0.714 bits per heavy atom. The zero-order valence-electron chi connectivity index (χ0n) is 10.8. The van der Waals surface area contributed by atoms with Gasteiger partial charge in [0.1, 0.15) is 0 Å². The van der Waals surface area contributed by atoms with Crippen LogP contribution in [0.3, 0.4) is 0 Å². The van der Waals surface area contributed by atoms with Crippen LogP contribution < -0.4 is 9.62 Å². The van der Waals surface area contributed by atoms with Gasteiger partial charge in [-0.2, -0.15) is 24.8 Å². The summed E-state index contributed by atoms with van der Waals surface area (Å²) in [7, 11) is 2.59. The maximum absolute atomic E-state index is 9.81.